The standard InChI is InChI=1S/C14H10BrClO2S/c15-10-3-1-2-9(6-10)8-19-11-4-5-13(16)12(7-11)14(17)18/h1-7H,8H2,(H,17,18). The number of carboxylic acids is 1. The van der Waals surface area contributed by atoms with Crippen LogP contribution in [0.25, 0.3) is 0 Å². The molecule has 5 heteroatoms. The number of benzene rings is 2. The van der Waals surface area contributed by atoms with Crippen molar-refractivity contribution in [3.8, 4) is 0 Å². The fraction of sp³-hybridized carbons (Fsp3) is 0.0714. The fourth-order valence-corrected chi connectivity index (χ4v) is 3.07. The Morgan fingerprint density at radius 1 is 1.26 bits per heavy atom. The van der Waals surface area contributed by atoms with Crippen LogP contribution in [0.15, 0.2) is 51.8 Å². The summed E-state index contributed by atoms with van der Waals surface area (Å²) in [5.74, 6) is -0.227. The molecule has 0 saturated carbocycles. The van der Waals surface area contributed by atoms with E-state index in [1.54, 1.807) is 23.9 Å². The molecule has 2 aromatic carbocycles. The molecule has 0 heterocycles. The normalized spacial score (nSPS) is 10.4. The van der Waals surface area contributed by atoms with Gasteiger partial charge in [0.15, 0.2) is 0 Å². The Balaban J connectivity index is 2.12. The first kappa shape index (κ1) is 14.4. The quantitative estimate of drug-likeness (QED) is 0.774. The molecule has 2 rings (SSSR count). The molecule has 0 atom stereocenters. The van der Waals surface area contributed by atoms with Gasteiger partial charge in [-0.25, -0.2) is 4.79 Å². The minimum Gasteiger partial charge on any atom is -0.478 e. The molecule has 0 aliphatic heterocycles. The highest BCUT2D eigenvalue weighted by molar-refractivity contribution is 9.10. The molecule has 0 fully saturated rings. The molecule has 0 aromatic heterocycles. The Morgan fingerprint density at radius 2 is 2.05 bits per heavy atom. The third-order valence-electron chi connectivity index (χ3n) is 2.46. The summed E-state index contributed by atoms with van der Waals surface area (Å²) >= 11 is 10.8. The van der Waals surface area contributed by atoms with E-state index >= 15 is 0 Å². The molecule has 0 radical (unpaired) electrons. The van der Waals surface area contributed by atoms with E-state index in [-0.39, 0.29) is 10.6 Å². The van der Waals surface area contributed by atoms with Crippen molar-refractivity contribution in [3.63, 3.8) is 0 Å². The predicted octanol–water partition coefficient (Wildman–Crippen LogP) is 5.09. The fourth-order valence-electron chi connectivity index (χ4n) is 1.55. The van der Waals surface area contributed by atoms with E-state index in [9.17, 15) is 4.79 Å². The lowest BCUT2D eigenvalue weighted by molar-refractivity contribution is 0.0697. The van der Waals surface area contributed by atoms with E-state index in [1.807, 2.05) is 30.3 Å². The third-order valence-corrected chi connectivity index (χ3v) is 4.35. The topological polar surface area (TPSA) is 37.3 Å². The minimum atomic E-state index is -1.00. The molecule has 0 aliphatic carbocycles. The summed E-state index contributed by atoms with van der Waals surface area (Å²) in [6, 6.07) is 13.1. The van der Waals surface area contributed by atoms with Crippen LogP contribution in [0.1, 0.15) is 15.9 Å². The van der Waals surface area contributed by atoms with E-state index in [0.29, 0.717) is 0 Å². The molecule has 0 spiro atoms. The van der Waals surface area contributed by atoms with Crippen molar-refractivity contribution in [1.29, 1.82) is 0 Å². The van der Waals surface area contributed by atoms with Crippen molar-refractivity contribution in [2.45, 2.75) is 10.6 Å². The highest BCUT2D eigenvalue weighted by Gasteiger charge is 2.09. The number of hydrogen-bond donors (Lipinski definition) is 1. The van der Waals surface area contributed by atoms with Crippen molar-refractivity contribution < 1.29 is 9.90 Å². The van der Waals surface area contributed by atoms with Crippen LogP contribution < -0.4 is 0 Å². The van der Waals surface area contributed by atoms with Crippen molar-refractivity contribution in [1.82, 2.24) is 0 Å². The molecule has 2 aromatic rings. The highest BCUT2D eigenvalue weighted by atomic mass is 79.9. The maximum atomic E-state index is 11.0. The van der Waals surface area contributed by atoms with Gasteiger partial charge in [0.1, 0.15) is 0 Å². The van der Waals surface area contributed by atoms with Gasteiger partial charge in [0.05, 0.1) is 10.6 Å². The highest BCUT2D eigenvalue weighted by Crippen LogP contribution is 2.27. The van der Waals surface area contributed by atoms with Gasteiger partial charge in [-0.2, -0.15) is 0 Å². The smallest absolute Gasteiger partial charge is 0.337 e. The van der Waals surface area contributed by atoms with Crippen molar-refractivity contribution in [2.24, 2.45) is 0 Å². The molecular weight excluding hydrogens is 348 g/mol. The molecule has 0 unspecified atom stereocenters. The molecule has 98 valence electrons. The number of aromatic carboxylic acids is 1. The lowest BCUT2D eigenvalue weighted by atomic mass is 10.2. The summed E-state index contributed by atoms with van der Waals surface area (Å²) in [6.45, 7) is 0. The van der Waals surface area contributed by atoms with Crippen molar-refractivity contribution >= 4 is 45.3 Å². The van der Waals surface area contributed by atoms with Crippen molar-refractivity contribution in [3.05, 3.63) is 63.1 Å². The van der Waals surface area contributed by atoms with Gasteiger partial charge in [-0.3, -0.25) is 0 Å². The summed E-state index contributed by atoms with van der Waals surface area (Å²) in [5.41, 5.74) is 1.31. The van der Waals surface area contributed by atoms with Crippen molar-refractivity contribution in [2.75, 3.05) is 0 Å². The number of thioether (sulfide) groups is 1. The van der Waals surface area contributed by atoms with Gasteiger partial charge in [0.2, 0.25) is 0 Å². The first-order valence-corrected chi connectivity index (χ1v) is 7.62. The maximum Gasteiger partial charge on any atom is 0.337 e. The van der Waals surface area contributed by atoms with Gasteiger partial charge in [0.25, 0.3) is 0 Å². The van der Waals surface area contributed by atoms with Crippen LogP contribution in [-0.2, 0) is 5.75 Å². The van der Waals surface area contributed by atoms with Crippen LogP contribution in [-0.4, -0.2) is 11.1 Å². The first-order valence-electron chi connectivity index (χ1n) is 5.46. The number of halogens is 2. The van der Waals surface area contributed by atoms with E-state index in [4.69, 9.17) is 16.7 Å². The van der Waals surface area contributed by atoms with Gasteiger partial charge in [-0.05, 0) is 35.9 Å². The predicted molar refractivity (Wildman–Crippen MR) is 82.1 cm³/mol. The van der Waals surface area contributed by atoms with Crippen LogP contribution in [0.2, 0.25) is 5.02 Å². The van der Waals surface area contributed by atoms with Gasteiger partial charge in [-0.15, -0.1) is 11.8 Å². The molecule has 0 saturated heterocycles. The van der Waals surface area contributed by atoms with Gasteiger partial charge < -0.3 is 5.11 Å². The van der Waals surface area contributed by atoms with E-state index < -0.39 is 5.97 Å². The van der Waals surface area contributed by atoms with Gasteiger partial charge in [0, 0.05) is 15.1 Å². The van der Waals surface area contributed by atoms with Crippen LogP contribution in [0, 0.1) is 0 Å². The minimum absolute atomic E-state index is 0.140. The lowest BCUT2D eigenvalue weighted by Crippen LogP contribution is -1.97. The summed E-state index contributed by atoms with van der Waals surface area (Å²) in [6.07, 6.45) is 0. The Bertz CT molecular complexity index is 616. The lowest BCUT2D eigenvalue weighted by Gasteiger charge is -2.05. The first-order chi connectivity index (χ1) is 9.06. The molecule has 2 nitrogen and oxygen atoms in total. The zero-order valence-corrected chi connectivity index (χ0v) is 12.9. The van der Waals surface area contributed by atoms with E-state index in [2.05, 4.69) is 15.9 Å². The average Bonchev–Trinajstić information content (AvgIpc) is 2.37. The van der Waals surface area contributed by atoms with Crippen LogP contribution >= 0.6 is 39.3 Å². The summed E-state index contributed by atoms with van der Waals surface area (Å²) < 4.78 is 1.04. The summed E-state index contributed by atoms with van der Waals surface area (Å²) in [5, 5.41) is 9.28. The van der Waals surface area contributed by atoms with Crippen LogP contribution in [0.4, 0.5) is 0 Å². The summed E-state index contributed by atoms with van der Waals surface area (Å²) in [7, 11) is 0. The second-order valence-electron chi connectivity index (χ2n) is 3.87. The number of carboxylic acid groups (broad SMARTS) is 1. The number of rotatable bonds is 4. The van der Waals surface area contributed by atoms with E-state index in [1.165, 1.54) is 5.56 Å². The summed E-state index contributed by atoms with van der Waals surface area (Å²) in [4.78, 5) is 11.9. The maximum absolute atomic E-state index is 11.0. The molecule has 1 N–H and O–H groups in total. The Kier molecular flexibility index (Phi) is 4.91. The molecule has 0 amide bonds. The average molecular weight is 358 g/mol. The van der Waals surface area contributed by atoms with Crippen LogP contribution in [0.3, 0.4) is 0 Å². The second kappa shape index (κ2) is 6.46. The SMILES string of the molecule is O=C(O)c1cc(SCc2cccc(Br)c2)ccc1Cl. The molecule has 0 aliphatic rings. The van der Waals surface area contributed by atoms with Gasteiger partial charge in [-0.1, -0.05) is 39.7 Å². The van der Waals surface area contributed by atoms with Gasteiger partial charge >= 0.3 is 5.97 Å². The molecule has 19 heavy (non-hydrogen) atoms. The Labute approximate surface area is 128 Å². The zero-order chi connectivity index (χ0) is 13.8. The number of carbonyl (C=O) groups is 1. The zero-order valence-electron chi connectivity index (χ0n) is 9.77. The van der Waals surface area contributed by atoms with E-state index in [0.717, 1.165) is 15.1 Å². The Morgan fingerprint density at radius 3 is 2.74 bits per heavy atom. The second-order valence-corrected chi connectivity index (χ2v) is 6.24. The third kappa shape index (κ3) is 4.00. The molecule has 0 bridgehead atoms. The largest absolute Gasteiger partial charge is 0.478 e. The number of hydrogen-bond acceptors (Lipinski definition) is 2. The van der Waals surface area contributed by atoms with Crippen LogP contribution in [0.5, 0.6) is 0 Å². The Hall–Kier alpha value is -0.970. The monoisotopic (exact) mass is 356 g/mol. The molecular formula is C14H10BrClO2S.